The van der Waals surface area contributed by atoms with Gasteiger partial charge in [0.1, 0.15) is 10.8 Å². The summed E-state index contributed by atoms with van der Waals surface area (Å²) in [6, 6.07) is 9.78. The molecule has 0 fully saturated rings. The molecule has 0 aliphatic carbocycles. The summed E-state index contributed by atoms with van der Waals surface area (Å²) in [5, 5.41) is 10.4. The lowest BCUT2D eigenvalue weighted by Crippen LogP contribution is -2.22. The van der Waals surface area contributed by atoms with Crippen LogP contribution in [-0.2, 0) is 9.53 Å². The molecule has 0 aliphatic rings. The first kappa shape index (κ1) is 19.2. The Morgan fingerprint density at radius 2 is 1.44 bits per heavy atom. The van der Waals surface area contributed by atoms with Crippen LogP contribution in [0.3, 0.4) is 0 Å². The van der Waals surface area contributed by atoms with Crippen LogP contribution in [0.2, 0.25) is 0 Å². The number of ether oxygens (including phenoxy) is 1. The van der Waals surface area contributed by atoms with E-state index in [0.29, 0.717) is 5.56 Å². The Balaban J connectivity index is 2.45. The molecule has 0 saturated carbocycles. The molecule has 138 valence electrons. The topological polar surface area (TPSA) is 46.5 Å². The van der Waals surface area contributed by atoms with E-state index >= 15 is 0 Å². The van der Waals surface area contributed by atoms with E-state index in [-0.39, 0.29) is 17.7 Å². The third-order valence-electron chi connectivity index (χ3n) is 3.60. The van der Waals surface area contributed by atoms with Crippen molar-refractivity contribution in [1.29, 1.82) is 0 Å². The zero-order chi connectivity index (χ0) is 18.9. The average Bonchev–Trinajstić information content (AvgIpc) is 2.54. The molecule has 0 radical (unpaired) electrons. The third kappa shape index (κ3) is 4.49. The van der Waals surface area contributed by atoms with Crippen molar-refractivity contribution < 1.29 is 34.1 Å². The Labute approximate surface area is 140 Å². The van der Waals surface area contributed by atoms with Crippen molar-refractivity contribution in [3.63, 3.8) is 0 Å². The van der Waals surface area contributed by atoms with Crippen molar-refractivity contribution in [2.75, 3.05) is 7.11 Å². The fourth-order valence-corrected chi connectivity index (χ4v) is 3.00. The van der Waals surface area contributed by atoms with Gasteiger partial charge in [-0.2, -0.15) is 0 Å². The molecule has 0 spiro atoms. The molecule has 9 heteroatoms. The molecule has 2 atom stereocenters. The molecule has 0 aromatic heterocycles. The second kappa shape index (κ2) is 5.70. The van der Waals surface area contributed by atoms with Gasteiger partial charge >= 0.3 is 16.2 Å². The number of aliphatic hydroxyl groups is 1. The van der Waals surface area contributed by atoms with Gasteiger partial charge in [0.25, 0.3) is 0 Å². The third-order valence-corrected chi connectivity index (χ3v) is 4.76. The fourth-order valence-electron chi connectivity index (χ4n) is 2.35. The summed E-state index contributed by atoms with van der Waals surface area (Å²) >= 11 is 0. The van der Waals surface area contributed by atoms with E-state index in [2.05, 4.69) is 4.74 Å². The van der Waals surface area contributed by atoms with Crippen LogP contribution >= 0.6 is 10.2 Å². The van der Waals surface area contributed by atoms with Crippen molar-refractivity contribution in [1.82, 2.24) is 0 Å². The normalized spacial score (nSPS) is 17.1. The maximum Gasteiger partial charge on any atom is 0.316 e. The van der Waals surface area contributed by atoms with Gasteiger partial charge in [0.2, 0.25) is 0 Å². The first-order chi connectivity index (χ1) is 11.3. The molecule has 25 heavy (non-hydrogen) atoms. The van der Waals surface area contributed by atoms with E-state index in [1.165, 1.54) is 12.1 Å². The van der Waals surface area contributed by atoms with Crippen LogP contribution < -0.4 is 0 Å². The minimum absolute atomic E-state index is 0.0752. The molecule has 2 rings (SSSR count). The highest BCUT2D eigenvalue weighted by molar-refractivity contribution is 8.45. The number of benzene rings is 2. The van der Waals surface area contributed by atoms with Gasteiger partial charge in [-0.25, -0.2) is 0 Å². The van der Waals surface area contributed by atoms with E-state index in [1.54, 1.807) is 18.2 Å². The van der Waals surface area contributed by atoms with Gasteiger partial charge in [-0.15, -0.1) is 0 Å². The molecule has 0 aliphatic heterocycles. The number of hydrogen-bond acceptors (Lipinski definition) is 3. The lowest BCUT2D eigenvalue weighted by Gasteiger charge is -2.40. The Morgan fingerprint density at radius 1 is 0.920 bits per heavy atom. The van der Waals surface area contributed by atoms with Gasteiger partial charge in [0.15, 0.2) is 0 Å². The van der Waals surface area contributed by atoms with E-state index in [1.807, 2.05) is 0 Å². The van der Waals surface area contributed by atoms with Crippen molar-refractivity contribution >= 4 is 16.2 Å². The Hall–Kier alpha value is -2.13. The van der Waals surface area contributed by atoms with Gasteiger partial charge in [-0.05, 0) is 23.3 Å². The monoisotopic (exact) mass is 382 g/mol. The summed E-state index contributed by atoms with van der Waals surface area (Å²) in [5.74, 6) is -2.27. The summed E-state index contributed by atoms with van der Waals surface area (Å²) in [4.78, 5) is 9.92. The van der Waals surface area contributed by atoms with Gasteiger partial charge in [-0.3, -0.25) is 4.79 Å². The van der Waals surface area contributed by atoms with Crippen LogP contribution in [0, 0.1) is 0 Å². The number of carbonyl (C=O) groups is 1. The second-order valence-corrected chi connectivity index (χ2v) is 7.80. The number of esters is 1. The Morgan fingerprint density at radius 3 is 1.88 bits per heavy atom. The van der Waals surface area contributed by atoms with Crippen molar-refractivity contribution in [2.45, 2.75) is 16.9 Å². The predicted octanol–water partition coefficient (Wildman–Crippen LogP) is 5.33. The van der Waals surface area contributed by atoms with Crippen molar-refractivity contribution in [2.24, 2.45) is 0 Å². The lowest BCUT2D eigenvalue weighted by atomic mass is 9.89. The van der Waals surface area contributed by atoms with Crippen LogP contribution in [0.4, 0.5) is 19.4 Å². The molecule has 0 saturated heterocycles. The standard InChI is InChI=1S/C16H15F5O3S/c1-24-16(23)14(15(22)12-5-3-2-4-6-12)11-7-9-13(10-8-11)25(17,18,19,20)21/h2-10,14-15,22H,1H3/t14-,15-/m1/s1. The highest BCUT2D eigenvalue weighted by Crippen LogP contribution is 3.02. The molecule has 0 unspecified atom stereocenters. The Kier molecular flexibility index (Phi) is 4.38. The number of methoxy groups -OCH3 is 1. The molecule has 3 nitrogen and oxygen atoms in total. The quantitative estimate of drug-likeness (QED) is 0.561. The van der Waals surface area contributed by atoms with Crippen molar-refractivity contribution in [3.8, 4) is 0 Å². The SMILES string of the molecule is COC(=O)[C@H](c1ccc(S(F)(F)(F)(F)F)cc1)[C@H](O)c1ccccc1. The molecule has 0 amide bonds. The van der Waals surface area contributed by atoms with Crippen LogP contribution in [0.25, 0.3) is 0 Å². The minimum atomic E-state index is -9.81. The number of rotatable bonds is 5. The van der Waals surface area contributed by atoms with Gasteiger partial charge in [0.05, 0.1) is 13.2 Å². The van der Waals surface area contributed by atoms with E-state index in [0.717, 1.165) is 19.2 Å². The summed E-state index contributed by atoms with van der Waals surface area (Å²) in [5.41, 5.74) is 0.253. The molecule has 2 aromatic rings. The molecular formula is C16H15F5O3S. The Bertz CT molecular complexity index is 760. The molecule has 0 bridgehead atoms. The first-order valence-electron chi connectivity index (χ1n) is 6.98. The fraction of sp³-hybridized carbons (Fsp3) is 0.188. The highest BCUT2D eigenvalue weighted by Gasteiger charge is 2.65. The van der Waals surface area contributed by atoms with Crippen LogP contribution in [-0.4, -0.2) is 18.2 Å². The lowest BCUT2D eigenvalue weighted by molar-refractivity contribution is -0.145. The molecular weight excluding hydrogens is 367 g/mol. The minimum Gasteiger partial charge on any atom is -0.468 e. The van der Waals surface area contributed by atoms with E-state index in [9.17, 15) is 29.3 Å². The van der Waals surface area contributed by atoms with Gasteiger partial charge in [0, 0.05) is 0 Å². The smallest absolute Gasteiger partial charge is 0.316 e. The molecule has 0 heterocycles. The number of carbonyl (C=O) groups excluding carboxylic acids is 1. The predicted molar refractivity (Wildman–Crippen MR) is 84.0 cm³/mol. The summed E-state index contributed by atoms with van der Waals surface area (Å²) in [7, 11) is -8.75. The molecule has 1 N–H and O–H groups in total. The zero-order valence-corrected chi connectivity index (χ0v) is 13.7. The average molecular weight is 382 g/mol. The van der Waals surface area contributed by atoms with Crippen LogP contribution in [0.15, 0.2) is 59.5 Å². The summed E-state index contributed by atoms with van der Waals surface area (Å²) < 4.78 is 68.5. The second-order valence-electron chi connectivity index (χ2n) is 5.39. The number of hydrogen-bond donors (Lipinski definition) is 1. The molecule has 2 aromatic carbocycles. The number of aliphatic hydroxyl groups excluding tert-OH is 1. The highest BCUT2D eigenvalue weighted by atomic mass is 32.5. The van der Waals surface area contributed by atoms with E-state index < -0.39 is 33.1 Å². The first-order valence-corrected chi connectivity index (χ1v) is 8.93. The number of halogens is 5. The van der Waals surface area contributed by atoms with E-state index in [4.69, 9.17) is 0 Å². The summed E-state index contributed by atoms with van der Waals surface area (Å²) in [6.45, 7) is 0. The largest absolute Gasteiger partial charge is 0.468 e. The van der Waals surface area contributed by atoms with Gasteiger partial charge in [-0.1, -0.05) is 61.9 Å². The summed E-state index contributed by atoms with van der Waals surface area (Å²) in [6.07, 6.45) is -1.42. The maximum absolute atomic E-state index is 12.8. The van der Waals surface area contributed by atoms with Crippen molar-refractivity contribution in [3.05, 3.63) is 65.7 Å². The zero-order valence-electron chi connectivity index (χ0n) is 12.9. The van der Waals surface area contributed by atoms with Crippen LogP contribution in [0.5, 0.6) is 0 Å². The van der Waals surface area contributed by atoms with Gasteiger partial charge < -0.3 is 9.84 Å². The van der Waals surface area contributed by atoms with Crippen LogP contribution in [0.1, 0.15) is 23.1 Å². The maximum atomic E-state index is 12.8.